The SMILES string of the molecule is CC[Si](CC)(CC)OC1=C(CC(=O)O)C(=O)C[C@H]1CCC#N. The van der Waals surface area contributed by atoms with E-state index in [1.807, 2.05) is 0 Å². The summed E-state index contributed by atoms with van der Waals surface area (Å²) in [6, 6.07) is 4.90. The number of ketones is 1. The third kappa shape index (κ3) is 4.20. The van der Waals surface area contributed by atoms with Crippen LogP contribution in [0.5, 0.6) is 0 Å². The van der Waals surface area contributed by atoms with E-state index in [9.17, 15) is 9.59 Å². The first-order chi connectivity index (χ1) is 10.4. The van der Waals surface area contributed by atoms with Gasteiger partial charge in [-0.05, 0) is 24.6 Å². The molecule has 0 amide bonds. The highest BCUT2D eigenvalue weighted by atomic mass is 28.4. The molecule has 0 saturated heterocycles. The number of hydrogen-bond acceptors (Lipinski definition) is 4. The lowest BCUT2D eigenvalue weighted by atomic mass is 10.0. The molecule has 1 aliphatic carbocycles. The number of allylic oxidation sites excluding steroid dienone is 1. The molecule has 0 aromatic rings. The maximum atomic E-state index is 12.2. The number of nitrogens with zero attached hydrogens (tertiary/aromatic N) is 1. The minimum absolute atomic E-state index is 0.127. The lowest BCUT2D eigenvalue weighted by molar-refractivity contribution is -0.137. The molecule has 0 radical (unpaired) electrons. The molecule has 0 aromatic carbocycles. The smallest absolute Gasteiger partial charge is 0.308 e. The monoisotopic (exact) mass is 323 g/mol. The number of Topliss-reactive ketones (excluding diaryl/α,β-unsaturated/α-hetero) is 1. The number of rotatable bonds is 9. The molecule has 6 heteroatoms. The van der Waals surface area contributed by atoms with Gasteiger partial charge in [0.25, 0.3) is 0 Å². The van der Waals surface area contributed by atoms with E-state index < -0.39 is 14.3 Å². The summed E-state index contributed by atoms with van der Waals surface area (Å²) >= 11 is 0. The number of carbonyl (C=O) groups excluding carboxylic acids is 1. The normalized spacial score (nSPS) is 18.5. The first-order valence-corrected chi connectivity index (χ1v) is 10.5. The van der Waals surface area contributed by atoms with Crippen LogP contribution in [0.3, 0.4) is 0 Å². The zero-order valence-corrected chi connectivity index (χ0v) is 14.6. The summed E-state index contributed by atoms with van der Waals surface area (Å²) in [6.45, 7) is 6.28. The second kappa shape index (κ2) is 8.13. The molecule has 0 saturated carbocycles. The third-order valence-corrected chi connectivity index (χ3v) is 9.15. The van der Waals surface area contributed by atoms with Gasteiger partial charge in [-0.3, -0.25) is 9.59 Å². The van der Waals surface area contributed by atoms with Gasteiger partial charge in [0.15, 0.2) is 5.78 Å². The Hall–Kier alpha value is -1.61. The predicted octanol–water partition coefficient (Wildman–Crippen LogP) is 3.63. The predicted molar refractivity (Wildman–Crippen MR) is 85.5 cm³/mol. The average molecular weight is 323 g/mol. The van der Waals surface area contributed by atoms with Crippen LogP contribution in [-0.2, 0) is 14.0 Å². The summed E-state index contributed by atoms with van der Waals surface area (Å²) in [7, 11) is -1.97. The molecular formula is C16H25NO4Si. The van der Waals surface area contributed by atoms with Gasteiger partial charge in [-0.2, -0.15) is 5.26 Å². The number of carboxylic acids is 1. The molecule has 0 spiro atoms. The molecule has 0 heterocycles. The average Bonchev–Trinajstić information content (AvgIpc) is 2.78. The van der Waals surface area contributed by atoms with Gasteiger partial charge >= 0.3 is 5.97 Å². The molecule has 1 atom stereocenters. The molecule has 0 fully saturated rings. The fourth-order valence-corrected chi connectivity index (χ4v) is 5.67. The van der Waals surface area contributed by atoms with Crippen molar-refractivity contribution in [1.82, 2.24) is 0 Å². The van der Waals surface area contributed by atoms with Crippen LogP contribution >= 0.6 is 0 Å². The van der Waals surface area contributed by atoms with Crippen LogP contribution in [-0.4, -0.2) is 25.2 Å². The van der Waals surface area contributed by atoms with E-state index in [0.717, 1.165) is 18.1 Å². The lowest BCUT2D eigenvalue weighted by Gasteiger charge is -2.32. The number of carbonyl (C=O) groups is 2. The molecule has 1 N–H and O–H groups in total. The van der Waals surface area contributed by atoms with E-state index in [-0.39, 0.29) is 24.5 Å². The molecule has 0 aliphatic heterocycles. The first-order valence-electron chi connectivity index (χ1n) is 7.97. The molecule has 5 nitrogen and oxygen atoms in total. The van der Waals surface area contributed by atoms with Crippen LogP contribution in [0.15, 0.2) is 11.3 Å². The highest BCUT2D eigenvalue weighted by Crippen LogP contribution is 2.39. The number of hydrogen-bond donors (Lipinski definition) is 1. The second-order valence-electron chi connectivity index (χ2n) is 5.78. The zero-order chi connectivity index (χ0) is 16.8. The third-order valence-electron chi connectivity index (χ3n) is 4.63. The summed E-state index contributed by atoms with van der Waals surface area (Å²) in [5.74, 6) is -0.688. The van der Waals surface area contributed by atoms with Crippen LogP contribution in [0, 0.1) is 17.2 Å². The van der Waals surface area contributed by atoms with Crippen LogP contribution in [0.1, 0.15) is 46.5 Å². The van der Waals surface area contributed by atoms with Crippen molar-refractivity contribution in [2.45, 2.75) is 64.6 Å². The van der Waals surface area contributed by atoms with Crippen LogP contribution in [0.4, 0.5) is 0 Å². The van der Waals surface area contributed by atoms with Gasteiger partial charge in [-0.1, -0.05) is 20.8 Å². The van der Waals surface area contributed by atoms with Gasteiger partial charge in [-0.25, -0.2) is 0 Å². The summed E-state index contributed by atoms with van der Waals surface area (Å²) in [6.07, 6.45) is 0.909. The Balaban J connectivity index is 3.15. The van der Waals surface area contributed by atoms with Crippen molar-refractivity contribution in [2.24, 2.45) is 5.92 Å². The standard InChI is InChI=1S/C16H25NO4Si/c1-4-22(5-2,6-3)21-16-12(8-7-9-17)10-14(18)13(16)11-15(19)20/h12H,4-8,10-11H2,1-3H3,(H,19,20)/t12-/m1/s1. The van der Waals surface area contributed by atoms with E-state index in [4.69, 9.17) is 14.8 Å². The first kappa shape index (κ1) is 18.4. The van der Waals surface area contributed by atoms with Crippen molar-refractivity contribution < 1.29 is 19.1 Å². The van der Waals surface area contributed by atoms with Crippen molar-refractivity contribution in [3.63, 3.8) is 0 Å². The fraction of sp³-hybridized carbons (Fsp3) is 0.688. The zero-order valence-electron chi connectivity index (χ0n) is 13.6. The molecule has 22 heavy (non-hydrogen) atoms. The number of aliphatic carboxylic acids is 1. The Morgan fingerprint density at radius 2 is 1.95 bits per heavy atom. The van der Waals surface area contributed by atoms with E-state index in [2.05, 4.69) is 26.8 Å². The van der Waals surface area contributed by atoms with E-state index in [1.54, 1.807) is 0 Å². The highest BCUT2D eigenvalue weighted by Gasteiger charge is 2.40. The summed E-state index contributed by atoms with van der Waals surface area (Å²) in [5, 5.41) is 17.8. The van der Waals surface area contributed by atoms with Gasteiger partial charge in [0.1, 0.15) is 0 Å². The molecule has 1 aliphatic rings. The number of nitriles is 1. The lowest BCUT2D eigenvalue weighted by Crippen LogP contribution is -2.36. The van der Waals surface area contributed by atoms with Crippen LogP contribution in [0.2, 0.25) is 18.1 Å². The maximum absolute atomic E-state index is 12.2. The van der Waals surface area contributed by atoms with Crippen molar-refractivity contribution >= 4 is 20.1 Å². The van der Waals surface area contributed by atoms with Gasteiger partial charge < -0.3 is 9.53 Å². The Labute approximate surface area is 133 Å². The van der Waals surface area contributed by atoms with Crippen LogP contribution in [0.25, 0.3) is 0 Å². The largest absolute Gasteiger partial charge is 0.546 e. The van der Waals surface area contributed by atoms with Crippen molar-refractivity contribution in [2.75, 3.05) is 0 Å². The van der Waals surface area contributed by atoms with E-state index >= 15 is 0 Å². The molecule has 122 valence electrons. The van der Waals surface area contributed by atoms with Gasteiger partial charge in [-0.15, -0.1) is 0 Å². The van der Waals surface area contributed by atoms with Crippen molar-refractivity contribution in [3.8, 4) is 6.07 Å². The number of carboxylic acid groups (broad SMARTS) is 1. The Morgan fingerprint density at radius 1 is 1.36 bits per heavy atom. The molecule has 0 bridgehead atoms. The van der Waals surface area contributed by atoms with E-state index in [1.165, 1.54) is 0 Å². The molecular weight excluding hydrogens is 298 g/mol. The quantitative estimate of drug-likeness (QED) is 0.655. The summed E-state index contributed by atoms with van der Waals surface area (Å²) in [4.78, 5) is 23.2. The van der Waals surface area contributed by atoms with Crippen LogP contribution < -0.4 is 0 Å². The minimum Gasteiger partial charge on any atom is -0.546 e. The van der Waals surface area contributed by atoms with Crippen molar-refractivity contribution in [3.05, 3.63) is 11.3 Å². The maximum Gasteiger partial charge on any atom is 0.308 e. The second-order valence-corrected chi connectivity index (χ2v) is 10.5. The van der Waals surface area contributed by atoms with Gasteiger partial charge in [0.2, 0.25) is 8.32 Å². The highest BCUT2D eigenvalue weighted by molar-refractivity contribution is 6.73. The molecule has 0 unspecified atom stereocenters. The van der Waals surface area contributed by atoms with Crippen molar-refractivity contribution in [1.29, 1.82) is 5.26 Å². The van der Waals surface area contributed by atoms with Gasteiger partial charge in [0.05, 0.1) is 18.2 Å². The fourth-order valence-electron chi connectivity index (χ4n) is 2.98. The summed E-state index contributed by atoms with van der Waals surface area (Å²) in [5.41, 5.74) is 0.322. The Bertz CT molecular complexity index is 495. The molecule has 1 rings (SSSR count). The molecule has 0 aromatic heterocycles. The summed E-state index contributed by atoms with van der Waals surface area (Å²) < 4.78 is 6.37. The van der Waals surface area contributed by atoms with E-state index in [0.29, 0.717) is 24.2 Å². The Kier molecular flexibility index (Phi) is 6.82. The Morgan fingerprint density at radius 3 is 2.41 bits per heavy atom. The van der Waals surface area contributed by atoms with Gasteiger partial charge in [0, 0.05) is 24.3 Å². The minimum atomic E-state index is -1.97. The topological polar surface area (TPSA) is 87.4 Å².